The number of carbonyl (C=O) groups excluding carboxylic acids is 1. The first-order valence-corrected chi connectivity index (χ1v) is 6.27. The Labute approximate surface area is 111 Å². The van der Waals surface area contributed by atoms with Gasteiger partial charge in [-0.15, -0.1) is 5.10 Å². The molecule has 0 saturated carbocycles. The molecular weight excluding hydrogens is 244 g/mol. The van der Waals surface area contributed by atoms with E-state index in [2.05, 4.69) is 20.5 Å². The van der Waals surface area contributed by atoms with Crippen LogP contribution in [-0.4, -0.2) is 21.1 Å². The van der Waals surface area contributed by atoms with E-state index in [-0.39, 0.29) is 23.7 Å². The van der Waals surface area contributed by atoms with Gasteiger partial charge in [0.25, 0.3) is 5.91 Å². The highest BCUT2D eigenvalue weighted by atomic mass is 16.3. The van der Waals surface area contributed by atoms with Gasteiger partial charge in [0, 0.05) is 5.92 Å². The molecule has 2 aromatic rings. The maximum Gasteiger partial charge on any atom is 0.291 e. The van der Waals surface area contributed by atoms with Crippen molar-refractivity contribution in [2.75, 3.05) is 0 Å². The summed E-state index contributed by atoms with van der Waals surface area (Å²) < 4.78 is 5.46. The molecule has 19 heavy (non-hydrogen) atoms. The largest absolute Gasteiger partial charge is 0.464 e. The van der Waals surface area contributed by atoms with Gasteiger partial charge in [-0.25, -0.2) is 4.98 Å². The molecule has 0 aliphatic heterocycles. The molecule has 0 radical (unpaired) electrons. The molecule has 0 aromatic carbocycles. The van der Waals surface area contributed by atoms with Gasteiger partial charge in [-0.1, -0.05) is 13.8 Å². The fraction of sp³-hybridized carbons (Fsp3) is 0.462. The minimum Gasteiger partial charge on any atom is -0.464 e. The van der Waals surface area contributed by atoms with Crippen LogP contribution < -0.4 is 5.32 Å². The van der Waals surface area contributed by atoms with Crippen LogP contribution in [0.1, 0.15) is 60.7 Å². The van der Waals surface area contributed by atoms with E-state index in [0.29, 0.717) is 11.6 Å². The van der Waals surface area contributed by atoms with Crippen LogP contribution in [0.25, 0.3) is 0 Å². The SMILES string of the molecule is Cc1ccc(C(C)NC(=O)c2n[nH]c(C(C)C)n2)o1. The van der Waals surface area contributed by atoms with Crippen LogP contribution in [0, 0.1) is 6.92 Å². The molecule has 0 saturated heterocycles. The Balaban J connectivity index is 2.04. The van der Waals surface area contributed by atoms with Crippen LogP contribution in [0.3, 0.4) is 0 Å². The summed E-state index contributed by atoms with van der Waals surface area (Å²) in [4.78, 5) is 16.1. The molecule has 0 aliphatic carbocycles. The Bertz CT molecular complexity index is 571. The first-order valence-electron chi connectivity index (χ1n) is 6.27. The number of nitrogens with zero attached hydrogens (tertiary/aromatic N) is 2. The maximum absolute atomic E-state index is 12.0. The van der Waals surface area contributed by atoms with Gasteiger partial charge in [-0.2, -0.15) is 0 Å². The quantitative estimate of drug-likeness (QED) is 0.885. The van der Waals surface area contributed by atoms with Crippen LogP contribution >= 0.6 is 0 Å². The third kappa shape index (κ3) is 3.01. The summed E-state index contributed by atoms with van der Waals surface area (Å²) in [6.45, 7) is 7.68. The van der Waals surface area contributed by atoms with E-state index in [1.165, 1.54) is 0 Å². The Morgan fingerprint density at radius 1 is 1.37 bits per heavy atom. The smallest absolute Gasteiger partial charge is 0.291 e. The monoisotopic (exact) mass is 262 g/mol. The third-order valence-corrected chi connectivity index (χ3v) is 2.79. The van der Waals surface area contributed by atoms with Crippen molar-refractivity contribution in [1.29, 1.82) is 0 Å². The zero-order valence-electron chi connectivity index (χ0n) is 11.5. The molecule has 6 nitrogen and oxygen atoms in total. The fourth-order valence-corrected chi connectivity index (χ4v) is 1.65. The number of hydrogen-bond donors (Lipinski definition) is 2. The summed E-state index contributed by atoms with van der Waals surface area (Å²) in [6, 6.07) is 3.49. The molecule has 1 amide bonds. The van der Waals surface area contributed by atoms with Crippen LogP contribution in [0.5, 0.6) is 0 Å². The van der Waals surface area contributed by atoms with Crippen molar-refractivity contribution in [3.63, 3.8) is 0 Å². The molecule has 2 aromatic heterocycles. The van der Waals surface area contributed by atoms with E-state index in [4.69, 9.17) is 4.42 Å². The molecule has 2 N–H and O–H groups in total. The van der Waals surface area contributed by atoms with E-state index in [9.17, 15) is 4.79 Å². The zero-order valence-corrected chi connectivity index (χ0v) is 11.5. The molecule has 0 spiro atoms. The number of aromatic nitrogens is 3. The number of aryl methyl sites for hydroxylation is 1. The standard InChI is InChI=1S/C13H18N4O2/c1-7(2)11-15-12(17-16-11)13(18)14-9(4)10-6-5-8(3)19-10/h5-7,9H,1-4H3,(H,14,18)(H,15,16,17). The topological polar surface area (TPSA) is 83.8 Å². The summed E-state index contributed by atoms with van der Waals surface area (Å²) in [5.74, 6) is 2.27. The van der Waals surface area contributed by atoms with Crippen LogP contribution in [0.15, 0.2) is 16.5 Å². The molecule has 2 heterocycles. The van der Waals surface area contributed by atoms with Crippen molar-refractivity contribution >= 4 is 5.91 Å². The van der Waals surface area contributed by atoms with Crippen molar-refractivity contribution in [1.82, 2.24) is 20.5 Å². The van der Waals surface area contributed by atoms with E-state index in [0.717, 1.165) is 5.76 Å². The van der Waals surface area contributed by atoms with Gasteiger partial charge >= 0.3 is 0 Å². The number of furan rings is 1. The number of nitrogens with one attached hydrogen (secondary N) is 2. The molecule has 0 bridgehead atoms. The zero-order chi connectivity index (χ0) is 14.0. The second kappa shape index (κ2) is 5.26. The van der Waals surface area contributed by atoms with Gasteiger partial charge < -0.3 is 9.73 Å². The predicted molar refractivity (Wildman–Crippen MR) is 69.8 cm³/mol. The second-order valence-corrected chi connectivity index (χ2v) is 4.84. The number of hydrogen-bond acceptors (Lipinski definition) is 4. The lowest BCUT2D eigenvalue weighted by Crippen LogP contribution is -2.27. The Hall–Kier alpha value is -2.11. The molecular formula is C13H18N4O2. The van der Waals surface area contributed by atoms with E-state index < -0.39 is 0 Å². The van der Waals surface area contributed by atoms with Crippen molar-refractivity contribution in [2.24, 2.45) is 0 Å². The average Bonchev–Trinajstić information content (AvgIpc) is 2.96. The van der Waals surface area contributed by atoms with Gasteiger partial charge in [0.05, 0.1) is 6.04 Å². The Morgan fingerprint density at radius 2 is 2.11 bits per heavy atom. The summed E-state index contributed by atoms with van der Waals surface area (Å²) in [7, 11) is 0. The normalized spacial score (nSPS) is 12.7. The Kier molecular flexibility index (Phi) is 3.69. The van der Waals surface area contributed by atoms with Crippen LogP contribution in [0.4, 0.5) is 0 Å². The van der Waals surface area contributed by atoms with Gasteiger partial charge in [0.15, 0.2) is 0 Å². The van der Waals surface area contributed by atoms with E-state index >= 15 is 0 Å². The highest BCUT2D eigenvalue weighted by Gasteiger charge is 2.18. The third-order valence-electron chi connectivity index (χ3n) is 2.79. The van der Waals surface area contributed by atoms with Crippen LogP contribution in [0.2, 0.25) is 0 Å². The first kappa shape index (κ1) is 13.3. The number of rotatable bonds is 4. The van der Waals surface area contributed by atoms with Gasteiger partial charge in [0.2, 0.25) is 5.82 Å². The van der Waals surface area contributed by atoms with Crippen molar-refractivity contribution in [2.45, 2.75) is 39.7 Å². The molecule has 6 heteroatoms. The average molecular weight is 262 g/mol. The summed E-state index contributed by atoms with van der Waals surface area (Å²) in [5, 5.41) is 9.47. The molecule has 1 atom stereocenters. The number of amides is 1. The summed E-state index contributed by atoms with van der Waals surface area (Å²) >= 11 is 0. The Morgan fingerprint density at radius 3 is 2.63 bits per heavy atom. The fourth-order valence-electron chi connectivity index (χ4n) is 1.65. The minimum atomic E-state index is -0.315. The maximum atomic E-state index is 12.0. The molecule has 2 rings (SSSR count). The predicted octanol–water partition coefficient (Wildman–Crippen LogP) is 2.32. The minimum absolute atomic E-state index is 0.152. The number of carbonyl (C=O) groups is 1. The molecule has 0 fully saturated rings. The highest BCUT2D eigenvalue weighted by Crippen LogP contribution is 2.16. The van der Waals surface area contributed by atoms with Gasteiger partial charge in [0.1, 0.15) is 17.3 Å². The van der Waals surface area contributed by atoms with E-state index in [1.807, 2.05) is 39.8 Å². The lowest BCUT2D eigenvalue weighted by molar-refractivity contribution is 0.0925. The molecule has 0 aliphatic rings. The van der Waals surface area contributed by atoms with Crippen molar-refractivity contribution in [3.05, 3.63) is 35.3 Å². The van der Waals surface area contributed by atoms with Gasteiger partial charge in [-0.3, -0.25) is 9.89 Å². The summed E-state index contributed by atoms with van der Waals surface area (Å²) in [5.41, 5.74) is 0. The second-order valence-electron chi connectivity index (χ2n) is 4.84. The van der Waals surface area contributed by atoms with Crippen molar-refractivity contribution < 1.29 is 9.21 Å². The van der Waals surface area contributed by atoms with Gasteiger partial charge in [-0.05, 0) is 26.0 Å². The number of H-pyrrole nitrogens is 1. The number of aromatic amines is 1. The van der Waals surface area contributed by atoms with Crippen LogP contribution in [-0.2, 0) is 0 Å². The lowest BCUT2D eigenvalue weighted by atomic mass is 10.2. The molecule has 102 valence electrons. The van der Waals surface area contributed by atoms with Crippen molar-refractivity contribution in [3.8, 4) is 0 Å². The highest BCUT2D eigenvalue weighted by molar-refractivity contribution is 5.90. The first-order chi connectivity index (χ1) is 8.97. The molecule has 1 unspecified atom stereocenters. The van der Waals surface area contributed by atoms with E-state index in [1.54, 1.807) is 0 Å². The summed E-state index contributed by atoms with van der Waals surface area (Å²) in [6.07, 6.45) is 0. The lowest BCUT2D eigenvalue weighted by Gasteiger charge is -2.09.